The lowest BCUT2D eigenvalue weighted by molar-refractivity contribution is -0.116. The molecule has 0 atom stereocenters. The molecule has 0 unspecified atom stereocenters. The summed E-state index contributed by atoms with van der Waals surface area (Å²) in [6.45, 7) is 2.01. The van der Waals surface area contributed by atoms with Crippen molar-refractivity contribution in [3.63, 3.8) is 0 Å². The topological polar surface area (TPSA) is 51.2 Å². The van der Waals surface area contributed by atoms with Crippen LogP contribution in [0.15, 0.2) is 24.3 Å². The van der Waals surface area contributed by atoms with Crippen LogP contribution in [0.1, 0.15) is 17.7 Å². The number of hydrogen-bond donors (Lipinski definition) is 1. The molecule has 0 aliphatic heterocycles. The van der Waals surface area contributed by atoms with Crippen LogP contribution in [0, 0.1) is 6.92 Å². The Balaban J connectivity index is 2.05. The van der Waals surface area contributed by atoms with Gasteiger partial charge in [0.15, 0.2) is 5.13 Å². The van der Waals surface area contributed by atoms with Crippen LogP contribution in [0.25, 0.3) is 11.3 Å². The number of aromatic nitrogens is 1. The summed E-state index contributed by atoms with van der Waals surface area (Å²) in [5.41, 5.74) is 1.93. The van der Waals surface area contributed by atoms with E-state index in [4.69, 9.17) is 4.74 Å². The molecule has 2 rings (SSSR count). The van der Waals surface area contributed by atoms with E-state index in [1.165, 1.54) is 11.3 Å². The van der Waals surface area contributed by atoms with E-state index in [2.05, 4.69) is 10.3 Å². The van der Waals surface area contributed by atoms with Crippen LogP contribution in [0.4, 0.5) is 5.13 Å². The lowest BCUT2D eigenvalue weighted by Gasteiger charge is -2.02. The van der Waals surface area contributed by atoms with Gasteiger partial charge in [-0.25, -0.2) is 4.98 Å². The Hall–Kier alpha value is -1.53. The van der Waals surface area contributed by atoms with E-state index in [1.54, 1.807) is 18.9 Å². The molecule has 6 heteroatoms. The Kier molecular flexibility index (Phi) is 6.27. The predicted molar refractivity (Wildman–Crippen MR) is 95.1 cm³/mol. The van der Waals surface area contributed by atoms with Gasteiger partial charge < -0.3 is 10.1 Å². The number of nitrogens with one attached hydrogen (secondary N) is 1. The van der Waals surface area contributed by atoms with Gasteiger partial charge in [0.05, 0.1) is 12.8 Å². The number of hydrogen-bond acceptors (Lipinski definition) is 5. The number of benzene rings is 1. The molecule has 0 aliphatic rings. The first kappa shape index (κ1) is 16.8. The maximum absolute atomic E-state index is 11.9. The predicted octanol–water partition coefficient (Wildman–Crippen LogP) is 4.21. The maximum atomic E-state index is 11.9. The van der Waals surface area contributed by atoms with E-state index in [0.717, 1.165) is 34.1 Å². The molecular weight excluding hydrogens is 316 g/mol. The van der Waals surface area contributed by atoms with Gasteiger partial charge in [-0.3, -0.25) is 4.79 Å². The van der Waals surface area contributed by atoms with Crippen molar-refractivity contribution >= 4 is 34.1 Å². The fourth-order valence-electron chi connectivity index (χ4n) is 2.03. The molecule has 0 saturated heterocycles. The first-order chi connectivity index (χ1) is 10.6. The van der Waals surface area contributed by atoms with Gasteiger partial charge in [-0.15, -0.1) is 11.3 Å². The van der Waals surface area contributed by atoms with Gasteiger partial charge in [-0.05, 0) is 49.6 Å². The van der Waals surface area contributed by atoms with Crippen LogP contribution in [-0.2, 0) is 4.79 Å². The largest absolute Gasteiger partial charge is 0.497 e. The Bertz CT molecular complexity index is 624. The van der Waals surface area contributed by atoms with Crippen molar-refractivity contribution in [2.24, 2.45) is 0 Å². The van der Waals surface area contributed by atoms with Gasteiger partial charge in [0.1, 0.15) is 5.75 Å². The lowest BCUT2D eigenvalue weighted by atomic mass is 10.1. The third kappa shape index (κ3) is 4.48. The number of rotatable bonds is 7. The minimum atomic E-state index is 0.0316. The summed E-state index contributed by atoms with van der Waals surface area (Å²) in [6.07, 6.45) is 3.48. The number of anilines is 1. The molecule has 0 fully saturated rings. The molecule has 22 heavy (non-hydrogen) atoms. The number of amides is 1. The quantitative estimate of drug-likeness (QED) is 0.770. The van der Waals surface area contributed by atoms with Crippen LogP contribution in [-0.4, -0.2) is 30.0 Å². The van der Waals surface area contributed by atoms with Gasteiger partial charge >= 0.3 is 0 Å². The van der Waals surface area contributed by atoms with Crippen molar-refractivity contribution in [1.82, 2.24) is 4.98 Å². The lowest BCUT2D eigenvalue weighted by Crippen LogP contribution is -2.11. The Morgan fingerprint density at radius 1 is 1.36 bits per heavy atom. The summed E-state index contributed by atoms with van der Waals surface area (Å²) in [7, 11) is 1.65. The Morgan fingerprint density at radius 3 is 2.73 bits per heavy atom. The molecule has 118 valence electrons. The molecule has 0 aliphatic carbocycles. The van der Waals surface area contributed by atoms with Crippen molar-refractivity contribution in [1.29, 1.82) is 0 Å². The number of nitrogens with zero attached hydrogens (tertiary/aromatic N) is 1. The van der Waals surface area contributed by atoms with Gasteiger partial charge in [-0.1, -0.05) is 0 Å². The SMILES string of the molecule is COc1ccc(-c2nc(NC(=O)CCCSC)sc2C)cc1. The van der Waals surface area contributed by atoms with Crippen molar-refractivity contribution in [3.8, 4) is 17.0 Å². The van der Waals surface area contributed by atoms with E-state index >= 15 is 0 Å². The number of carbonyl (C=O) groups excluding carboxylic acids is 1. The number of carbonyl (C=O) groups is 1. The van der Waals surface area contributed by atoms with Crippen LogP contribution >= 0.6 is 23.1 Å². The third-order valence-corrected chi connectivity index (χ3v) is 4.74. The summed E-state index contributed by atoms with van der Waals surface area (Å²) >= 11 is 3.26. The van der Waals surface area contributed by atoms with E-state index in [9.17, 15) is 4.79 Å². The standard InChI is InChI=1S/C16H20N2O2S2/c1-11-15(12-6-8-13(20-2)9-7-12)18-16(22-11)17-14(19)5-4-10-21-3/h6-9H,4-5,10H2,1-3H3,(H,17,18,19). The highest BCUT2D eigenvalue weighted by molar-refractivity contribution is 7.98. The normalized spacial score (nSPS) is 10.5. The first-order valence-corrected chi connectivity index (χ1v) is 9.25. The summed E-state index contributed by atoms with van der Waals surface area (Å²) < 4.78 is 5.16. The summed E-state index contributed by atoms with van der Waals surface area (Å²) in [5.74, 6) is 1.85. The molecule has 1 N–H and O–H groups in total. The van der Waals surface area contributed by atoms with E-state index in [-0.39, 0.29) is 5.91 Å². The number of aryl methyl sites for hydroxylation is 1. The molecule has 2 aromatic rings. The number of ether oxygens (including phenoxy) is 1. The number of thioether (sulfide) groups is 1. The second kappa shape index (κ2) is 8.19. The van der Waals surface area contributed by atoms with Gasteiger partial charge in [0.25, 0.3) is 0 Å². The van der Waals surface area contributed by atoms with Crippen molar-refractivity contribution in [3.05, 3.63) is 29.1 Å². The molecule has 1 amide bonds. The Morgan fingerprint density at radius 2 is 2.09 bits per heavy atom. The molecule has 0 radical (unpaired) electrons. The molecule has 0 bridgehead atoms. The zero-order chi connectivity index (χ0) is 15.9. The highest BCUT2D eigenvalue weighted by atomic mass is 32.2. The second-order valence-corrected chi connectivity index (χ2v) is 6.99. The van der Waals surface area contributed by atoms with Crippen molar-refractivity contribution in [2.45, 2.75) is 19.8 Å². The van der Waals surface area contributed by atoms with Crippen LogP contribution in [0.2, 0.25) is 0 Å². The Labute approximate surface area is 139 Å². The maximum Gasteiger partial charge on any atom is 0.226 e. The smallest absolute Gasteiger partial charge is 0.226 e. The number of methoxy groups -OCH3 is 1. The van der Waals surface area contributed by atoms with Gasteiger partial charge in [0.2, 0.25) is 5.91 Å². The average molecular weight is 336 g/mol. The number of thiazole rings is 1. The van der Waals surface area contributed by atoms with Gasteiger partial charge in [0, 0.05) is 16.9 Å². The second-order valence-electron chi connectivity index (χ2n) is 4.80. The minimum Gasteiger partial charge on any atom is -0.497 e. The molecule has 1 heterocycles. The third-order valence-electron chi connectivity index (χ3n) is 3.16. The monoisotopic (exact) mass is 336 g/mol. The molecule has 0 saturated carbocycles. The first-order valence-electron chi connectivity index (χ1n) is 7.04. The fourth-order valence-corrected chi connectivity index (χ4v) is 3.31. The van der Waals surface area contributed by atoms with Crippen molar-refractivity contribution < 1.29 is 9.53 Å². The summed E-state index contributed by atoms with van der Waals surface area (Å²) in [4.78, 5) is 17.5. The zero-order valence-corrected chi connectivity index (χ0v) is 14.6. The summed E-state index contributed by atoms with van der Waals surface area (Å²) in [6, 6.07) is 7.78. The highest BCUT2D eigenvalue weighted by Crippen LogP contribution is 2.31. The molecular formula is C16H20N2O2S2. The molecule has 0 spiro atoms. The van der Waals surface area contributed by atoms with Gasteiger partial charge in [-0.2, -0.15) is 11.8 Å². The van der Waals surface area contributed by atoms with Crippen molar-refractivity contribution in [2.75, 3.05) is 24.4 Å². The summed E-state index contributed by atoms with van der Waals surface area (Å²) in [5, 5.41) is 3.55. The molecule has 1 aromatic carbocycles. The zero-order valence-electron chi connectivity index (χ0n) is 13.0. The average Bonchev–Trinajstić information content (AvgIpc) is 2.88. The van der Waals surface area contributed by atoms with Crippen LogP contribution < -0.4 is 10.1 Å². The molecule has 1 aromatic heterocycles. The van der Waals surface area contributed by atoms with E-state index < -0.39 is 0 Å². The van der Waals surface area contributed by atoms with E-state index in [0.29, 0.717) is 11.6 Å². The van der Waals surface area contributed by atoms with Crippen LogP contribution in [0.3, 0.4) is 0 Å². The minimum absolute atomic E-state index is 0.0316. The fraction of sp³-hybridized carbons (Fsp3) is 0.375. The highest BCUT2D eigenvalue weighted by Gasteiger charge is 2.12. The van der Waals surface area contributed by atoms with E-state index in [1.807, 2.05) is 37.4 Å². The molecule has 4 nitrogen and oxygen atoms in total. The van der Waals surface area contributed by atoms with Crippen LogP contribution in [0.5, 0.6) is 5.75 Å².